The van der Waals surface area contributed by atoms with Gasteiger partial charge in [0.05, 0.1) is 16.7 Å². The van der Waals surface area contributed by atoms with E-state index in [4.69, 9.17) is 11.6 Å². The first kappa shape index (κ1) is 12.3. The minimum absolute atomic E-state index is 0.483. The second-order valence-corrected chi connectivity index (χ2v) is 5.27. The Kier molecular flexibility index (Phi) is 2.83. The van der Waals surface area contributed by atoms with Crippen LogP contribution >= 0.6 is 11.6 Å². The Labute approximate surface area is 127 Å². The van der Waals surface area contributed by atoms with Gasteiger partial charge < -0.3 is 0 Å². The van der Waals surface area contributed by atoms with Gasteiger partial charge in [-0.15, -0.1) is 0 Å². The molecule has 3 heteroatoms. The highest BCUT2D eigenvalue weighted by atomic mass is 35.5. The van der Waals surface area contributed by atoms with Gasteiger partial charge in [-0.2, -0.15) is 0 Å². The van der Waals surface area contributed by atoms with E-state index in [0.717, 1.165) is 33.1 Å². The molecule has 0 aliphatic carbocycles. The maximum atomic E-state index is 6.34. The lowest BCUT2D eigenvalue weighted by atomic mass is 10.1. The third-order valence-electron chi connectivity index (χ3n) is 3.55. The summed E-state index contributed by atoms with van der Waals surface area (Å²) in [5, 5.41) is 2.66. The molecule has 0 saturated heterocycles. The van der Waals surface area contributed by atoms with Gasteiger partial charge in [-0.25, -0.2) is 9.97 Å². The molecule has 0 radical (unpaired) electrons. The Morgan fingerprint density at radius 3 is 2.14 bits per heavy atom. The van der Waals surface area contributed by atoms with Gasteiger partial charge in [-0.1, -0.05) is 54.1 Å². The Bertz CT molecular complexity index is 963. The number of nitrogens with zero attached hydrogens (tertiary/aromatic N) is 2. The van der Waals surface area contributed by atoms with E-state index in [9.17, 15) is 0 Å². The Balaban J connectivity index is 1.96. The van der Waals surface area contributed by atoms with Gasteiger partial charge in [0, 0.05) is 16.3 Å². The average Bonchev–Trinajstić information content (AvgIpc) is 2.54. The molecule has 4 aromatic rings. The number of hydrogen-bond acceptors (Lipinski definition) is 2. The van der Waals surface area contributed by atoms with Crippen molar-refractivity contribution in [2.24, 2.45) is 0 Å². The highest BCUT2D eigenvalue weighted by Crippen LogP contribution is 2.29. The van der Waals surface area contributed by atoms with Gasteiger partial charge in [0.1, 0.15) is 5.15 Å². The van der Waals surface area contributed by atoms with Crippen molar-refractivity contribution in [3.63, 3.8) is 0 Å². The molecule has 0 spiro atoms. The summed E-state index contributed by atoms with van der Waals surface area (Å²) < 4.78 is 0. The van der Waals surface area contributed by atoms with E-state index in [1.165, 1.54) is 0 Å². The summed E-state index contributed by atoms with van der Waals surface area (Å²) in [5.41, 5.74) is 3.56. The first-order valence-electron chi connectivity index (χ1n) is 6.73. The first-order chi connectivity index (χ1) is 10.3. The Morgan fingerprint density at radius 2 is 1.33 bits per heavy atom. The summed E-state index contributed by atoms with van der Waals surface area (Å²) >= 11 is 6.34. The van der Waals surface area contributed by atoms with Gasteiger partial charge >= 0.3 is 0 Å². The number of aromatic nitrogens is 2. The van der Waals surface area contributed by atoms with Crippen molar-refractivity contribution in [1.82, 2.24) is 9.97 Å². The van der Waals surface area contributed by atoms with Crippen LogP contribution in [0.5, 0.6) is 0 Å². The quantitative estimate of drug-likeness (QED) is 0.456. The van der Waals surface area contributed by atoms with Crippen LogP contribution in [0.3, 0.4) is 0 Å². The molecule has 0 saturated carbocycles. The van der Waals surface area contributed by atoms with Crippen LogP contribution in [-0.2, 0) is 0 Å². The molecule has 2 nitrogen and oxygen atoms in total. The molecule has 0 bridgehead atoms. The molecule has 0 aliphatic rings. The van der Waals surface area contributed by atoms with Gasteiger partial charge in [0.2, 0.25) is 0 Å². The molecule has 2 aromatic heterocycles. The zero-order chi connectivity index (χ0) is 14.2. The fraction of sp³-hybridized carbons (Fsp3) is 0. The van der Waals surface area contributed by atoms with Crippen molar-refractivity contribution in [1.29, 1.82) is 0 Å². The number of rotatable bonds is 1. The predicted octanol–water partition coefficient (Wildman–Crippen LogP) is 5.10. The lowest BCUT2D eigenvalue weighted by molar-refractivity contribution is 1.35. The molecule has 2 aromatic carbocycles. The second kappa shape index (κ2) is 4.83. The van der Waals surface area contributed by atoms with E-state index in [1.807, 2.05) is 60.7 Å². The van der Waals surface area contributed by atoms with Crippen molar-refractivity contribution >= 4 is 33.4 Å². The van der Waals surface area contributed by atoms with Crippen LogP contribution in [0.4, 0.5) is 0 Å². The van der Waals surface area contributed by atoms with E-state index in [-0.39, 0.29) is 0 Å². The van der Waals surface area contributed by atoms with Gasteiger partial charge in [-0.3, -0.25) is 0 Å². The molecule has 4 rings (SSSR count). The van der Waals surface area contributed by atoms with Crippen LogP contribution in [0.15, 0.2) is 66.7 Å². The molecule has 0 N–H and O–H groups in total. The minimum atomic E-state index is 0.483. The first-order valence-corrected chi connectivity index (χ1v) is 7.10. The fourth-order valence-electron chi connectivity index (χ4n) is 2.49. The number of halogens is 1. The standard InChI is InChI=1S/C18H11ClN2/c19-18-14(11-13-6-2-4-8-16(13)21-18)17-10-9-12-5-1-3-7-15(12)20-17/h1-11H. The number of pyridine rings is 2. The molecule has 0 aliphatic heterocycles. The third kappa shape index (κ3) is 2.14. The monoisotopic (exact) mass is 290 g/mol. The maximum Gasteiger partial charge on any atom is 0.139 e. The van der Waals surface area contributed by atoms with Crippen molar-refractivity contribution < 1.29 is 0 Å². The second-order valence-electron chi connectivity index (χ2n) is 4.91. The lowest BCUT2D eigenvalue weighted by Gasteiger charge is -2.07. The third-order valence-corrected chi connectivity index (χ3v) is 3.84. The summed E-state index contributed by atoms with van der Waals surface area (Å²) in [6.07, 6.45) is 0. The van der Waals surface area contributed by atoms with Crippen LogP contribution in [0.2, 0.25) is 5.15 Å². The highest BCUT2D eigenvalue weighted by molar-refractivity contribution is 6.32. The summed E-state index contributed by atoms with van der Waals surface area (Å²) in [4.78, 5) is 9.15. The number of benzene rings is 2. The van der Waals surface area contributed by atoms with E-state index in [1.54, 1.807) is 0 Å². The minimum Gasteiger partial charge on any atom is -0.248 e. The number of fused-ring (bicyclic) bond motifs is 2. The van der Waals surface area contributed by atoms with Crippen LogP contribution in [0, 0.1) is 0 Å². The number of hydrogen-bond donors (Lipinski definition) is 0. The summed E-state index contributed by atoms with van der Waals surface area (Å²) in [7, 11) is 0. The van der Waals surface area contributed by atoms with Gasteiger partial charge in [0.25, 0.3) is 0 Å². The van der Waals surface area contributed by atoms with Gasteiger partial charge in [-0.05, 0) is 24.3 Å². The molecule has 100 valence electrons. The normalized spacial score (nSPS) is 11.1. The molecule has 0 unspecified atom stereocenters. The molecule has 2 heterocycles. The van der Waals surface area contributed by atoms with Crippen molar-refractivity contribution in [2.75, 3.05) is 0 Å². The van der Waals surface area contributed by atoms with Crippen LogP contribution in [-0.4, -0.2) is 9.97 Å². The zero-order valence-electron chi connectivity index (χ0n) is 11.1. The highest BCUT2D eigenvalue weighted by Gasteiger charge is 2.09. The topological polar surface area (TPSA) is 25.8 Å². The Morgan fingerprint density at radius 1 is 0.667 bits per heavy atom. The zero-order valence-corrected chi connectivity index (χ0v) is 11.9. The van der Waals surface area contributed by atoms with E-state index >= 15 is 0 Å². The van der Waals surface area contributed by atoms with Crippen LogP contribution in [0.25, 0.3) is 33.1 Å². The fourth-order valence-corrected chi connectivity index (χ4v) is 2.73. The molecule has 0 fully saturated rings. The molecule has 21 heavy (non-hydrogen) atoms. The van der Waals surface area contributed by atoms with E-state index in [0.29, 0.717) is 5.15 Å². The summed E-state index contributed by atoms with van der Waals surface area (Å²) in [6.45, 7) is 0. The summed E-state index contributed by atoms with van der Waals surface area (Å²) in [5.74, 6) is 0. The smallest absolute Gasteiger partial charge is 0.139 e. The van der Waals surface area contributed by atoms with Crippen molar-refractivity contribution in [3.05, 3.63) is 71.9 Å². The largest absolute Gasteiger partial charge is 0.248 e. The van der Waals surface area contributed by atoms with Crippen LogP contribution < -0.4 is 0 Å². The Hall–Kier alpha value is -2.45. The SMILES string of the molecule is Clc1nc2ccccc2cc1-c1ccc2ccccc2n1. The van der Waals surface area contributed by atoms with Gasteiger partial charge in [0.15, 0.2) is 0 Å². The molecular weight excluding hydrogens is 280 g/mol. The van der Waals surface area contributed by atoms with E-state index in [2.05, 4.69) is 16.0 Å². The van der Waals surface area contributed by atoms with Crippen molar-refractivity contribution in [2.45, 2.75) is 0 Å². The van der Waals surface area contributed by atoms with Crippen LogP contribution in [0.1, 0.15) is 0 Å². The predicted molar refractivity (Wildman–Crippen MR) is 87.5 cm³/mol. The average molecular weight is 291 g/mol. The molecule has 0 atom stereocenters. The van der Waals surface area contributed by atoms with E-state index < -0.39 is 0 Å². The number of para-hydroxylation sites is 2. The molecule has 0 amide bonds. The lowest BCUT2D eigenvalue weighted by Crippen LogP contribution is -1.89. The maximum absolute atomic E-state index is 6.34. The molecular formula is C18H11ClN2. The van der Waals surface area contributed by atoms with Crippen molar-refractivity contribution in [3.8, 4) is 11.3 Å². The summed E-state index contributed by atoms with van der Waals surface area (Å²) in [6, 6.07) is 22.1.